The first-order valence-electron chi connectivity index (χ1n) is 8.75. The van der Waals surface area contributed by atoms with Crippen LogP contribution in [0.2, 0.25) is 0 Å². The van der Waals surface area contributed by atoms with Crippen LogP contribution in [0, 0.1) is 11.8 Å². The van der Waals surface area contributed by atoms with Crippen molar-refractivity contribution in [2.75, 3.05) is 29.9 Å². The zero-order chi connectivity index (χ0) is 17.8. The van der Waals surface area contributed by atoms with Gasteiger partial charge in [-0.05, 0) is 37.8 Å². The highest BCUT2D eigenvalue weighted by molar-refractivity contribution is 5.97. The summed E-state index contributed by atoms with van der Waals surface area (Å²) in [6.07, 6.45) is 3.26. The molecule has 0 aromatic heterocycles. The number of benzene rings is 1. The van der Waals surface area contributed by atoms with Crippen molar-refractivity contribution < 1.29 is 14.4 Å². The largest absolute Gasteiger partial charge is 0.370 e. The van der Waals surface area contributed by atoms with E-state index < -0.39 is 0 Å². The van der Waals surface area contributed by atoms with Crippen LogP contribution >= 0.6 is 0 Å². The second kappa shape index (κ2) is 7.55. The molecule has 1 aliphatic heterocycles. The van der Waals surface area contributed by atoms with Crippen molar-refractivity contribution in [3.05, 3.63) is 24.3 Å². The number of carbonyl (C=O) groups excluding carboxylic acids is 3. The Hall–Kier alpha value is -2.57. The standard InChI is InChI=1S/C18H24N4O3/c19-17(24)12-7-9-22(10-8-12)15-4-2-1-3-14(15)21-16(23)11-20-18(25)13-5-6-13/h1-4,12-13H,5-11H2,(H2,19,24)(H,20,25)(H,21,23). The number of piperidine rings is 1. The molecule has 25 heavy (non-hydrogen) atoms. The molecule has 0 radical (unpaired) electrons. The Bertz CT molecular complexity index is 664. The summed E-state index contributed by atoms with van der Waals surface area (Å²) in [4.78, 5) is 37.2. The van der Waals surface area contributed by atoms with E-state index in [1.54, 1.807) is 0 Å². The van der Waals surface area contributed by atoms with Crippen LogP contribution < -0.4 is 21.3 Å². The number of hydrogen-bond acceptors (Lipinski definition) is 4. The van der Waals surface area contributed by atoms with Crippen LogP contribution in [0.3, 0.4) is 0 Å². The Morgan fingerprint density at radius 3 is 2.36 bits per heavy atom. The van der Waals surface area contributed by atoms with Crippen LogP contribution in [0.25, 0.3) is 0 Å². The summed E-state index contributed by atoms with van der Waals surface area (Å²) in [7, 11) is 0. The first-order chi connectivity index (χ1) is 12.0. The van der Waals surface area contributed by atoms with Crippen molar-refractivity contribution in [3.8, 4) is 0 Å². The van der Waals surface area contributed by atoms with E-state index >= 15 is 0 Å². The summed E-state index contributed by atoms with van der Waals surface area (Å²) < 4.78 is 0. The molecule has 0 bridgehead atoms. The highest BCUT2D eigenvalue weighted by atomic mass is 16.2. The van der Waals surface area contributed by atoms with Gasteiger partial charge in [0.1, 0.15) is 0 Å². The third kappa shape index (κ3) is 4.49. The molecule has 0 unspecified atom stereocenters. The number of rotatable bonds is 6. The van der Waals surface area contributed by atoms with Gasteiger partial charge in [0.05, 0.1) is 17.9 Å². The molecule has 7 heteroatoms. The lowest BCUT2D eigenvalue weighted by Crippen LogP contribution is -2.39. The van der Waals surface area contributed by atoms with Gasteiger partial charge in [0.25, 0.3) is 0 Å². The highest BCUT2D eigenvalue weighted by Crippen LogP contribution is 2.30. The van der Waals surface area contributed by atoms with Crippen molar-refractivity contribution in [1.82, 2.24) is 5.32 Å². The van der Waals surface area contributed by atoms with Gasteiger partial charge in [-0.15, -0.1) is 0 Å². The molecule has 134 valence electrons. The zero-order valence-corrected chi connectivity index (χ0v) is 14.2. The van der Waals surface area contributed by atoms with Gasteiger partial charge in [0.2, 0.25) is 17.7 Å². The van der Waals surface area contributed by atoms with Gasteiger partial charge in [0.15, 0.2) is 0 Å². The maximum atomic E-state index is 12.1. The van der Waals surface area contributed by atoms with E-state index in [1.807, 2.05) is 24.3 Å². The maximum Gasteiger partial charge on any atom is 0.243 e. The average Bonchev–Trinajstić information content (AvgIpc) is 3.45. The number of amides is 3. The number of anilines is 2. The molecule has 1 saturated carbocycles. The van der Waals surface area contributed by atoms with Crippen LogP contribution in [-0.4, -0.2) is 37.4 Å². The third-order valence-electron chi connectivity index (χ3n) is 4.79. The van der Waals surface area contributed by atoms with Crippen molar-refractivity contribution in [2.24, 2.45) is 17.6 Å². The Morgan fingerprint density at radius 1 is 1.04 bits per heavy atom. The van der Waals surface area contributed by atoms with E-state index in [0.717, 1.165) is 44.5 Å². The van der Waals surface area contributed by atoms with E-state index in [4.69, 9.17) is 5.73 Å². The fraction of sp³-hybridized carbons (Fsp3) is 0.500. The van der Waals surface area contributed by atoms with Crippen molar-refractivity contribution in [3.63, 3.8) is 0 Å². The smallest absolute Gasteiger partial charge is 0.243 e. The Morgan fingerprint density at radius 2 is 1.72 bits per heavy atom. The quantitative estimate of drug-likeness (QED) is 0.711. The number of nitrogens with one attached hydrogen (secondary N) is 2. The molecular weight excluding hydrogens is 320 g/mol. The zero-order valence-electron chi connectivity index (χ0n) is 14.2. The van der Waals surface area contributed by atoms with E-state index in [2.05, 4.69) is 15.5 Å². The maximum absolute atomic E-state index is 12.1. The summed E-state index contributed by atoms with van der Waals surface area (Å²) in [6.45, 7) is 1.42. The Labute approximate surface area is 146 Å². The van der Waals surface area contributed by atoms with Gasteiger partial charge in [0, 0.05) is 24.9 Å². The van der Waals surface area contributed by atoms with Crippen molar-refractivity contribution >= 4 is 29.1 Å². The van der Waals surface area contributed by atoms with E-state index in [0.29, 0.717) is 5.69 Å². The molecule has 1 aromatic rings. The predicted octanol–water partition coefficient (Wildman–Crippen LogP) is 0.853. The molecular formula is C18H24N4O3. The lowest BCUT2D eigenvalue weighted by atomic mass is 9.96. The van der Waals surface area contributed by atoms with Crippen LogP contribution in [0.1, 0.15) is 25.7 Å². The number of nitrogens with zero attached hydrogens (tertiary/aromatic N) is 1. The molecule has 3 rings (SSSR count). The summed E-state index contributed by atoms with van der Waals surface area (Å²) in [6, 6.07) is 7.57. The molecule has 1 aliphatic carbocycles. The molecule has 1 heterocycles. The van der Waals surface area contributed by atoms with Gasteiger partial charge < -0.3 is 21.3 Å². The summed E-state index contributed by atoms with van der Waals surface area (Å²) in [5, 5.41) is 5.54. The molecule has 7 nitrogen and oxygen atoms in total. The molecule has 2 fully saturated rings. The van der Waals surface area contributed by atoms with Gasteiger partial charge in [-0.1, -0.05) is 12.1 Å². The monoisotopic (exact) mass is 344 g/mol. The third-order valence-corrected chi connectivity index (χ3v) is 4.79. The van der Waals surface area contributed by atoms with Crippen LogP contribution in [0.4, 0.5) is 11.4 Å². The fourth-order valence-corrected chi connectivity index (χ4v) is 3.11. The molecule has 0 spiro atoms. The lowest BCUT2D eigenvalue weighted by Gasteiger charge is -2.33. The molecule has 0 atom stereocenters. The number of primary amides is 1. The number of hydrogen-bond donors (Lipinski definition) is 3. The van der Waals surface area contributed by atoms with Gasteiger partial charge >= 0.3 is 0 Å². The average molecular weight is 344 g/mol. The SMILES string of the molecule is NC(=O)C1CCN(c2ccccc2NC(=O)CNC(=O)C2CC2)CC1. The molecule has 1 aromatic carbocycles. The summed E-state index contributed by atoms with van der Waals surface area (Å²) in [5.41, 5.74) is 7.02. The molecule has 3 amide bonds. The fourth-order valence-electron chi connectivity index (χ4n) is 3.11. The van der Waals surface area contributed by atoms with Gasteiger partial charge in [-0.2, -0.15) is 0 Å². The molecule has 2 aliphatic rings. The second-order valence-corrected chi connectivity index (χ2v) is 6.72. The number of para-hydroxylation sites is 2. The van der Waals surface area contributed by atoms with E-state index in [-0.39, 0.29) is 36.1 Å². The minimum absolute atomic E-state index is 0.0204. The topological polar surface area (TPSA) is 105 Å². The Balaban J connectivity index is 1.58. The van der Waals surface area contributed by atoms with E-state index in [1.165, 1.54) is 0 Å². The lowest BCUT2D eigenvalue weighted by molar-refractivity contribution is -0.125. The number of nitrogens with two attached hydrogens (primary N) is 1. The first kappa shape index (κ1) is 17.3. The normalized spacial score (nSPS) is 17.8. The number of carbonyl (C=O) groups is 3. The minimum Gasteiger partial charge on any atom is -0.370 e. The highest BCUT2D eigenvalue weighted by Gasteiger charge is 2.29. The predicted molar refractivity (Wildman–Crippen MR) is 94.9 cm³/mol. The minimum atomic E-state index is -0.243. The molecule has 4 N–H and O–H groups in total. The van der Waals surface area contributed by atoms with Crippen molar-refractivity contribution in [2.45, 2.75) is 25.7 Å². The molecule has 1 saturated heterocycles. The van der Waals surface area contributed by atoms with Gasteiger partial charge in [-0.25, -0.2) is 0 Å². The van der Waals surface area contributed by atoms with Crippen LogP contribution in [-0.2, 0) is 14.4 Å². The van der Waals surface area contributed by atoms with Crippen LogP contribution in [0.5, 0.6) is 0 Å². The summed E-state index contributed by atoms with van der Waals surface area (Å²) in [5.74, 6) is -0.514. The first-order valence-corrected chi connectivity index (χ1v) is 8.75. The van der Waals surface area contributed by atoms with Gasteiger partial charge in [-0.3, -0.25) is 14.4 Å². The van der Waals surface area contributed by atoms with Crippen molar-refractivity contribution in [1.29, 1.82) is 0 Å². The Kier molecular flexibility index (Phi) is 5.21. The van der Waals surface area contributed by atoms with E-state index in [9.17, 15) is 14.4 Å². The van der Waals surface area contributed by atoms with Crippen LogP contribution in [0.15, 0.2) is 24.3 Å². The summed E-state index contributed by atoms with van der Waals surface area (Å²) >= 11 is 0. The second-order valence-electron chi connectivity index (χ2n) is 6.72.